The maximum atomic E-state index is 13.2. The van der Waals surface area contributed by atoms with Crippen LogP contribution in [0, 0.1) is 0 Å². The third kappa shape index (κ3) is 6.70. The summed E-state index contributed by atoms with van der Waals surface area (Å²) < 4.78 is 8.03. The second-order valence-corrected chi connectivity index (χ2v) is 11.3. The van der Waals surface area contributed by atoms with Gasteiger partial charge in [0.15, 0.2) is 0 Å². The highest BCUT2D eigenvalue weighted by atomic mass is 16.5. The Morgan fingerprint density at radius 1 is 0.976 bits per heavy atom. The maximum absolute atomic E-state index is 13.2. The number of piperazine rings is 1. The molecule has 1 aliphatic heterocycles. The lowest BCUT2D eigenvalue weighted by Gasteiger charge is -2.27. The minimum Gasteiger partial charge on any atom is -0.383 e. The van der Waals surface area contributed by atoms with E-state index < -0.39 is 0 Å². The van der Waals surface area contributed by atoms with Crippen LogP contribution in [0.25, 0.3) is 22.3 Å². The summed E-state index contributed by atoms with van der Waals surface area (Å²) in [4.78, 5) is 20.0. The van der Waals surface area contributed by atoms with Crippen molar-refractivity contribution in [1.29, 1.82) is 0 Å². The monoisotopic (exact) mass is 565 g/mol. The number of rotatable bonds is 9. The number of nitrogens with two attached hydrogens (primary N) is 1. The predicted octanol–water partition coefficient (Wildman–Crippen LogP) is 4.00. The summed E-state index contributed by atoms with van der Waals surface area (Å²) in [6, 6.07) is 19.2. The Bertz CT molecular complexity index is 1490. The van der Waals surface area contributed by atoms with Crippen molar-refractivity contribution < 1.29 is 9.53 Å². The molecule has 4 N–H and O–H groups in total. The lowest BCUT2D eigenvalue weighted by Crippen LogP contribution is -2.42. The number of hydrogen-bond donors (Lipinski definition) is 3. The van der Waals surface area contributed by atoms with Gasteiger partial charge in [0.05, 0.1) is 30.5 Å². The fourth-order valence-corrected chi connectivity index (χ4v) is 5.85. The Hall–Kier alpha value is -4.05. The van der Waals surface area contributed by atoms with Crippen LogP contribution in [0.15, 0.2) is 73.2 Å². The summed E-state index contributed by atoms with van der Waals surface area (Å²) in [6.07, 6.45) is 8.03. The van der Waals surface area contributed by atoms with E-state index in [0.717, 1.165) is 68.7 Å². The summed E-state index contributed by atoms with van der Waals surface area (Å²) in [5.74, 6) is -0.0144. The molecule has 9 nitrogen and oxygen atoms in total. The number of aromatic nitrogens is 3. The first-order valence-electron chi connectivity index (χ1n) is 14.8. The highest BCUT2D eigenvalue weighted by Gasteiger charge is 2.30. The zero-order valence-corrected chi connectivity index (χ0v) is 24.1. The number of nitrogens with zero attached hydrogens (tertiary/aromatic N) is 4. The number of ether oxygens (including phenoxy) is 1. The van der Waals surface area contributed by atoms with E-state index in [-0.39, 0.29) is 23.9 Å². The summed E-state index contributed by atoms with van der Waals surface area (Å²) in [5, 5.41) is 10.8. The number of aryl methyl sites for hydroxylation is 1. The van der Waals surface area contributed by atoms with Gasteiger partial charge in [0.25, 0.3) is 5.91 Å². The molecule has 2 aromatic carbocycles. The molecule has 4 aromatic rings. The molecule has 9 heteroatoms. The molecule has 1 amide bonds. The van der Waals surface area contributed by atoms with Crippen LogP contribution < -0.4 is 16.4 Å². The van der Waals surface area contributed by atoms with Crippen molar-refractivity contribution in [1.82, 2.24) is 30.3 Å². The van der Waals surface area contributed by atoms with Crippen LogP contribution in [0.2, 0.25) is 0 Å². The topological polar surface area (TPSA) is 110 Å². The summed E-state index contributed by atoms with van der Waals surface area (Å²) in [6.45, 7) is 5.85. The predicted molar refractivity (Wildman–Crippen MR) is 165 cm³/mol. The van der Waals surface area contributed by atoms with Crippen molar-refractivity contribution in [3.05, 3.63) is 89.9 Å². The van der Waals surface area contributed by atoms with Crippen molar-refractivity contribution in [3.63, 3.8) is 0 Å². The number of hydrogen-bond acceptors (Lipinski definition) is 7. The van der Waals surface area contributed by atoms with E-state index in [1.807, 2.05) is 13.2 Å². The lowest BCUT2D eigenvalue weighted by atomic mass is 10.0. The van der Waals surface area contributed by atoms with Crippen LogP contribution in [0.1, 0.15) is 40.7 Å². The number of amides is 1. The van der Waals surface area contributed by atoms with E-state index in [1.165, 1.54) is 16.7 Å². The smallest absolute Gasteiger partial charge is 0.255 e. The average molecular weight is 566 g/mol. The number of nitrogen functional groups attached to an aromatic ring is 1. The van der Waals surface area contributed by atoms with Crippen LogP contribution in [-0.2, 0) is 24.9 Å². The normalized spacial score (nSPS) is 19.2. The molecule has 2 aliphatic rings. The molecular weight excluding hydrogens is 526 g/mol. The standard InChI is InChI=1S/C33H39N7O2/c1-39-21-28(19-37-39)27-17-29(32(34)36-18-27)33(41)38-30-3-2-4-31(30)42-22-24-7-11-26(12-8-24)25-9-5-23(6-10-25)20-40-15-13-35-14-16-40/h5-12,17-19,21,30-31,35H,2-4,13-16,20,22H2,1H3,(H2,34,36)(H,38,41)/t30?,31-/m0/s1. The van der Waals surface area contributed by atoms with Gasteiger partial charge in [-0.15, -0.1) is 0 Å². The van der Waals surface area contributed by atoms with E-state index in [0.29, 0.717) is 12.2 Å². The molecule has 3 heterocycles. The molecule has 6 rings (SSSR count). The van der Waals surface area contributed by atoms with Crippen LogP contribution >= 0.6 is 0 Å². The first kappa shape index (κ1) is 28.1. The molecule has 1 aliphatic carbocycles. The second-order valence-electron chi connectivity index (χ2n) is 11.3. The van der Waals surface area contributed by atoms with Crippen molar-refractivity contribution in [2.75, 3.05) is 31.9 Å². The molecular formula is C33H39N7O2. The molecule has 1 saturated heterocycles. The van der Waals surface area contributed by atoms with Crippen molar-refractivity contribution in [2.45, 2.75) is 44.6 Å². The van der Waals surface area contributed by atoms with Gasteiger partial charge in [0, 0.05) is 63.3 Å². The van der Waals surface area contributed by atoms with E-state index in [9.17, 15) is 4.79 Å². The first-order chi connectivity index (χ1) is 20.5. The van der Waals surface area contributed by atoms with Gasteiger partial charge in [-0.3, -0.25) is 14.4 Å². The van der Waals surface area contributed by atoms with Crippen LogP contribution in [0.5, 0.6) is 0 Å². The first-order valence-corrected chi connectivity index (χ1v) is 14.8. The number of benzene rings is 2. The quantitative estimate of drug-likeness (QED) is 0.281. The summed E-state index contributed by atoms with van der Waals surface area (Å²) >= 11 is 0. The van der Waals surface area contributed by atoms with Crippen molar-refractivity contribution in [3.8, 4) is 22.3 Å². The van der Waals surface area contributed by atoms with Gasteiger partial charge in [-0.05, 0) is 47.6 Å². The fraction of sp³-hybridized carbons (Fsp3) is 0.364. The molecule has 0 radical (unpaired) electrons. The van der Waals surface area contributed by atoms with E-state index in [1.54, 1.807) is 23.1 Å². The number of nitrogens with one attached hydrogen (secondary N) is 2. The molecule has 0 spiro atoms. The Kier molecular flexibility index (Phi) is 8.60. The van der Waals surface area contributed by atoms with Crippen LogP contribution in [-0.4, -0.2) is 63.9 Å². The van der Waals surface area contributed by atoms with Gasteiger partial charge in [-0.2, -0.15) is 5.10 Å². The van der Waals surface area contributed by atoms with Crippen molar-refractivity contribution >= 4 is 11.7 Å². The largest absolute Gasteiger partial charge is 0.383 e. The van der Waals surface area contributed by atoms with Crippen LogP contribution in [0.3, 0.4) is 0 Å². The Labute approximate surface area is 247 Å². The maximum Gasteiger partial charge on any atom is 0.255 e. The fourth-order valence-electron chi connectivity index (χ4n) is 5.85. The molecule has 2 aromatic heterocycles. The molecule has 2 fully saturated rings. The molecule has 218 valence electrons. The minimum atomic E-state index is -0.227. The van der Waals surface area contributed by atoms with Gasteiger partial charge in [0.2, 0.25) is 0 Å². The highest BCUT2D eigenvalue weighted by molar-refractivity contribution is 5.99. The van der Waals surface area contributed by atoms with Gasteiger partial charge in [0.1, 0.15) is 5.82 Å². The zero-order chi connectivity index (χ0) is 28.9. The number of carbonyl (C=O) groups excluding carboxylic acids is 1. The minimum absolute atomic E-state index is 0.0486. The van der Waals surface area contributed by atoms with E-state index >= 15 is 0 Å². The molecule has 1 saturated carbocycles. The summed E-state index contributed by atoms with van der Waals surface area (Å²) in [5.41, 5.74) is 13.0. The Morgan fingerprint density at radius 2 is 1.69 bits per heavy atom. The number of carbonyl (C=O) groups is 1. The molecule has 0 bridgehead atoms. The average Bonchev–Trinajstić information content (AvgIpc) is 3.66. The highest BCUT2D eigenvalue weighted by Crippen LogP contribution is 2.27. The van der Waals surface area contributed by atoms with Crippen LogP contribution in [0.4, 0.5) is 5.82 Å². The van der Waals surface area contributed by atoms with E-state index in [4.69, 9.17) is 10.5 Å². The molecule has 1 unspecified atom stereocenters. The third-order valence-electron chi connectivity index (χ3n) is 8.29. The number of pyridine rings is 1. The molecule has 42 heavy (non-hydrogen) atoms. The SMILES string of the molecule is Cn1cc(-c2cnc(N)c(C(=O)NC3CCC[C@@H]3OCc3ccc(-c4ccc(CN5CCNCC5)cc4)cc3)c2)cn1. The van der Waals surface area contributed by atoms with Gasteiger partial charge in [-0.25, -0.2) is 4.98 Å². The zero-order valence-electron chi connectivity index (χ0n) is 24.1. The van der Waals surface area contributed by atoms with E-state index in [2.05, 4.69) is 74.1 Å². The summed E-state index contributed by atoms with van der Waals surface area (Å²) in [7, 11) is 1.85. The lowest BCUT2D eigenvalue weighted by molar-refractivity contribution is 0.0272. The Balaban J connectivity index is 1.03. The number of anilines is 1. The van der Waals surface area contributed by atoms with Gasteiger partial charge < -0.3 is 21.1 Å². The van der Waals surface area contributed by atoms with Gasteiger partial charge >= 0.3 is 0 Å². The Morgan fingerprint density at radius 3 is 2.38 bits per heavy atom. The molecule has 2 atom stereocenters. The second kappa shape index (κ2) is 12.9. The van der Waals surface area contributed by atoms with Crippen molar-refractivity contribution in [2.24, 2.45) is 7.05 Å². The van der Waals surface area contributed by atoms with Gasteiger partial charge in [-0.1, -0.05) is 48.5 Å². The third-order valence-corrected chi connectivity index (χ3v) is 8.29.